The molecule has 0 bridgehead atoms. The first-order valence-electron chi connectivity index (χ1n) is 6.07. The van der Waals surface area contributed by atoms with E-state index in [2.05, 4.69) is 9.97 Å². The molecule has 5 heteroatoms. The highest BCUT2D eigenvalue weighted by atomic mass is 16.3. The van der Waals surface area contributed by atoms with Crippen LogP contribution in [0.2, 0.25) is 0 Å². The molecule has 1 aromatic rings. The van der Waals surface area contributed by atoms with Crippen molar-refractivity contribution < 1.29 is 5.11 Å². The molecule has 1 aliphatic carbocycles. The van der Waals surface area contributed by atoms with Crippen LogP contribution in [0.15, 0.2) is 4.79 Å². The summed E-state index contributed by atoms with van der Waals surface area (Å²) in [6.07, 6.45) is 4.24. The zero-order valence-corrected chi connectivity index (χ0v) is 10.1. The first-order chi connectivity index (χ1) is 8.07. The van der Waals surface area contributed by atoms with Crippen LogP contribution in [0.3, 0.4) is 0 Å². The van der Waals surface area contributed by atoms with E-state index < -0.39 is 5.54 Å². The summed E-state index contributed by atoms with van der Waals surface area (Å²) in [6, 6.07) is 0. The van der Waals surface area contributed by atoms with E-state index in [-0.39, 0.29) is 12.2 Å². The molecule has 2 rings (SSSR count). The summed E-state index contributed by atoms with van der Waals surface area (Å²) in [6.45, 7) is 1.75. The van der Waals surface area contributed by atoms with Crippen LogP contribution >= 0.6 is 0 Å². The Morgan fingerprint density at radius 1 is 1.47 bits per heavy atom. The van der Waals surface area contributed by atoms with Crippen molar-refractivity contribution in [3.8, 4) is 0 Å². The van der Waals surface area contributed by atoms with Gasteiger partial charge in [-0.3, -0.25) is 4.79 Å². The number of aryl methyl sites for hydroxylation is 1. The zero-order valence-electron chi connectivity index (χ0n) is 10.1. The number of nitrogens with two attached hydrogens (primary N) is 1. The van der Waals surface area contributed by atoms with Crippen LogP contribution in [0.1, 0.15) is 42.8 Å². The van der Waals surface area contributed by atoms with Crippen molar-refractivity contribution in [3.05, 3.63) is 27.4 Å². The van der Waals surface area contributed by atoms with Gasteiger partial charge >= 0.3 is 0 Å². The molecule has 4 N–H and O–H groups in total. The highest BCUT2D eigenvalue weighted by molar-refractivity contribution is 5.20. The van der Waals surface area contributed by atoms with Crippen molar-refractivity contribution in [2.24, 2.45) is 5.73 Å². The number of hydrogen-bond donors (Lipinski definition) is 3. The largest absolute Gasteiger partial charge is 0.396 e. The van der Waals surface area contributed by atoms with Gasteiger partial charge in [-0.25, -0.2) is 4.98 Å². The molecule has 0 radical (unpaired) electrons. The van der Waals surface area contributed by atoms with Crippen molar-refractivity contribution in [1.29, 1.82) is 0 Å². The van der Waals surface area contributed by atoms with E-state index in [1.54, 1.807) is 6.92 Å². The maximum atomic E-state index is 11.9. The van der Waals surface area contributed by atoms with Gasteiger partial charge in [-0.1, -0.05) is 12.8 Å². The van der Waals surface area contributed by atoms with E-state index in [1.165, 1.54) is 0 Å². The van der Waals surface area contributed by atoms with Gasteiger partial charge in [-0.05, 0) is 19.8 Å². The Morgan fingerprint density at radius 2 is 2.12 bits per heavy atom. The highest BCUT2D eigenvalue weighted by Crippen LogP contribution is 2.33. The van der Waals surface area contributed by atoms with Crippen molar-refractivity contribution >= 4 is 0 Å². The Hall–Kier alpha value is -1.20. The predicted molar refractivity (Wildman–Crippen MR) is 64.7 cm³/mol. The number of hydrogen-bond acceptors (Lipinski definition) is 4. The van der Waals surface area contributed by atoms with Crippen LogP contribution in [0.4, 0.5) is 0 Å². The lowest BCUT2D eigenvalue weighted by atomic mass is 9.97. The van der Waals surface area contributed by atoms with Gasteiger partial charge < -0.3 is 15.8 Å². The molecule has 1 aliphatic rings. The van der Waals surface area contributed by atoms with Gasteiger partial charge in [0, 0.05) is 24.3 Å². The molecule has 0 unspecified atom stereocenters. The normalized spacial score (nSPS) is 18.5. The fraction of sp³-hybridized carbons (Fsp3) is 0.667. The van der Waals surface area contributed by atoms with Gasteiger partial charge in [0.2, 0.25) is 0 Å². The molecule has 0 aromatic carbocycles. The summed E-state index contributed by atoms with van der Waals surface area (Å²) in [5.41, 5.74) is 6.85. The van der Waals surface area contributed by atoms with Gasteiger partial charge in [0.05, 0.1) is 5.54 Å². The Labute approximate surface area is 100 Å². The Balaban J connectivity index is 2.41. The van der Waals surface area contributed by atoms with Crippen molar-refractivity contribution in [1.82, 2.24) is 9.97 Å². The molecule has 0 spiro atoms. The molecule has 1 aromatic heterocycles. The van der Waals surface area contributed by atoms with Gasteiger partial charge in [-0.15, -0.1) is 0 Å². The van der Waals surface area contributed by atoms with Gasteiger partial charge in [0.1, 0.15) is 5.82 Å². The third-order valence-electron chi connectivity index (χ3n) is 3.55. The molecular weight excluding hydrogens is 218 g/mol. The number of rotatable bonds is 3. The van der Waals surface area contributed by atoms with Crippen LogP contribution in [0.25, 0.3) is 0 Å². The number of aromatic amines is 1. The highest BCUT2D eigenvalue weighted by Gasteiger charge is 2.34. The quantitative estimate of drug-likeness (QED) is 0.707. The molecule has 0 saturated heterocycles. The van der Waals surface area contributed by atoms with Crippen LogP contribution in [0, 0.1) is 6.92 Å². The minimum absolute atomic E-state index is 0.0429. The minimum Gasteiger partial charge on any atom is -0.396 e. The third-order valence-corrected chi connectivity index (χ3v) is 3.55. The first-order valence-corrected chi connectivity index (χ1v) is 6.07. The molecule has 1 heterocycles. The molecular formula is C12H19N3O2. The Morgan fingerprint density at radius 3 is 2.65 bits per heavy atom. The molecule has 0 atom stereocenters. The maximum absolute atomic E-state index is 11.9. The average molecular weight is 237 g/mol. The standard InChI is InChI=1S/C12H19N3O2/c1-8-9(4-7-16)10(17)15-11(14-8)12(13)5-2-3-6-12/h16H,2-7,13H2,1H3,(H,14,15,17). The number of aliphatic hydroxyl groups is 1. The van der Waals surface area contributed by atoms with E-state index in [0.29, 0.717) is 23.5 Å². The molecule has 1 saturated carbocycles. The zero-order chi connectivity index (χ0) is 12.5. The van der Waals surface area contributed by atoms with Crippen molar-refractivity contribution in [2.45, 2.75) is 44.6 Å². The van der Waals surface area contributed by atoms with Gasteiger partial charge in [0.25, 0.3) is 5.56 Å². The van der Waals surface area contributed by atoms with Crippen molar-refractivity contribution in [3.63, 3.8) is 0 Å². The molecule has 0 amide bonds. The summed E-state index contributed by atoms with van der Waals surface area (Å²) in [5.74, 6) is 0.596. The van der Waals surface area contributed by atoms with Crippen LogP contribution in [0.5, 0.6) is 0 Å². The molecule has 1 fully saturated rings. The second-order valence-corrected chi connectivity index (χ2v) is 4.82. The fourth-order valence-electron chi connectivity index (χ4n) is 2.50. The topological polar surface area (TPSA) is 92.0 Å². The van der Waals surface area contributed by atoms with Crippen LogP contribution < -0.4 is 11.3 Å². The number of aromatic nitrogens is 2. The lowest BCUT2D eigenvalue weighted by Crippen LogP contribution is -2.38. The molecule has 0 aliphatic heterocycles. The fourth-order valence-corrected chi connectivity index (χ4v) is 2.50. The second-order valence-electron chi connectivity index (χ2n) is 4.82. The molecule has 94 valence electrons. The number of aliphatic hydroxyl groups excluding tert-OH is 1. The SMILES string of the molecule is Cc1nc(C2(N)CCCC2)[nH]c(=O)c1CCO. The van der Waals surface area contributed by atoms with E-state index in [0.717, 1.165) is 25.7 Å². The summed E-state index contributed by atoms with van der Waals surface area (Å²) < 4.78 is 0. The minimum atomic E-state index is -0.471. The Bertz CT molecular complexity index is 461. The Kier molecular flexibility index (Phi) is 3.31. The van der Waals surface area contributed by atoms with E-state index in [4.69, 9.17) is 10.8 Å². The van der Waals surface area contributed by atoms with E-state index >= 15 is 0 Å². The van der Waals surface area contributed by atoms with Gasteiger partial charge in [-0.2, -0.15) is 0 Å². The predicted octanol–water partition coefficient (Wildman–Crippen LogP) is 0.341. The summed E-state index contributed by atoms with van der Waals surface area (Å²) >= 11 is 0. The smallest absolute Gasteiger partial charge is 0.254 e. The third kappa shape index (κ3) is 2.25. The molecule has 17 heavy (non-hydrogen) atoms. The van der Waals surface area contributed by atoms with Crippen LogP contribution in [-0.4, -0.2) is 21.7 Å². The lowest BCUT2D eigenvalue weighted by Gasteiger charge is -2.22. The maximum Gasteiger partial charge on any atom is 0.254 e. The van der Waals surface area contributed by atoms with Gasteiger partial charge in [0.15, 0.2) is 0 Å². The number of nitrogens with zero attached hydrogens (tertiary/aromatic N) is 1. The summed E-state index contributed by atoms with van der Waals surface area (Å²) in [4.78, 5) is 19.1. The van der Waals surface area contributed by atoms with Crippen molar-refractivity contribution in [2.75, 3.05) is 6.61 Å². The summed E-state index contributed by atoms with van der Waals surface area (Å²) in [5, 5.41) is 8.89. The number of nitrogens with one attached hydrogen (secondary N) is 1. The molecule has 5 nitrogen and oxygen atoms in total. The van der Waals surface area contributed by atoms with Crippen LogP contribution in [-0.2, 0) is 12.0 Å². The monoisotopic (exact) mass is 237 g/mol. The number of H-pyrrole nitrogens is 1. The lowest BCUT2D eigenvalue weighted by molar-refractivity contribution is 0.298. The second kappa shape index (κ2) is 4.58. The first kappa shape index (κ1) is 12.3. The average Bonchev–Trinajstić information content (AvgIpc) is 2.72. The van der Waals surface area contributed by atoms with E-state index in [1.807, 2.05) is 0 Å². The van der Waals surface area contributed by atoms with E-state index in [9.17, 15) is 4.79 Å². The summed E-state index contributed by atoms with van der Waals surface area (Å²) in [7, 11) is 0.